The fraction of sp³-hybridized carbons (Fsp3) is 0.120. The van der Waals surface area contributed by atoms with Gasteiger partial charge in [-0.1, -0.05) is 67.6 Å². The summed E-state index contributed by atoms with van der Waals surface area (Å²) < 4.78 is 5.73. The van der Waals surface area contributed by atoms with Gasteiger partial charge in [-0.05, 0) is 30.2 Å². The molecule has 1 heterocycles. The Hall–Kier alpha value is -3.66. The van der Waals surface area contributed by atoms with Gasteiger partial charge < -0.3 is 9.72 Å². The smallest absolute Gasteiger partial charge is 0.339 e. The highest BCUT2D eigenvalue weighted by Gasteiger charge is 2.28. The Labute approximate surface area is 169 Å². The molecule has 0 aliphatic carbocycles. The summed E-state index contributed by atoms with van der Waals surface area (Å²) >= 11 is 0. The molecule has 1 N–H and O–H groups in total. The van der Waals surface area contributed by atoms with Crippen LogP contribution in [0, 0.1) is 0 Å². The molecule has 4 rings (SSSR count). The number of H-pyrrole nitrogens is 1. The number of aryl methyl sites for hydroxylation is 1. The second-order valence-corrected chi connectivity index (χ2v) is 6.86. The number of fused-ring (bicyclic) bond motifs is 1. The van der Waals surface area contributed by atoms with Gasteiger partial charge in [0.15, 0.2) is 6.10 Å². The lowest BCUT2D eigenvalue weighted by Crippen LogP contribution is -2.20. The van der Waals surface area contributed by atoms with E-state index in [4.69, 9.17) is 4.74 Å². The zero-order valence-corrected chi connectivity index (χ0v) is 16.1. The Morgan fingerprint density at radius 1 is 0.897 bits per heavy atom. The highest BCUT2D eigenvalue weighted by Crippen LogP contribution is 2.28. The van der Waals surface area contributed by atoms with Crippen molar-refractivity contribution >= 4 is 22.7 Å². The number of aromatic nitrogens is 1. The number of hydrogen-bond donors (Lipinski definition) is 1. The molecular formula is C25H21NO3. The van der Waals surface area contributed by atoms with Gasteiger partial charge in [-0.2, -0.15) is 0 Å². The second-order valence-electron chi connectivity index (χ2n) is 6.86. The van der Waals surface area contributed by atoms with Crippen molar-refractivity contribution in [2.75, 3.05) is 0 Å². The third-order valence-electron chi connectivity index (χ3n) is 5.02. The van der Waals surface area contributed by atoms with Crippen LogP contribution in [-0.4, -0.2) is 16.7 Å². The molecule has 4 heteroatoms. The molecule has 4 nitrogen and oxygen atoms in total. The van der Waals surface area contributed by atoms with Crippen LogP contribution in [0.3, 0.4) is 0 Å². The van der Waals surface area contributed by atoms with Crippen molar-refractivity contribution in [1.29, 1.82) is 0 Å². The van der Waals surface area contributed by atoms with Gasteiger partial charge >= 0.3 is 5.97 Å². The summed E-state index contributed by atoms with van der Waals surface area (Å²) in [5.74, 6) is -0.776. The Morgan fingerprint density at radius 3 is 2.31 bits per heavy atom. The number of carbonyl (C=O) groups excluding carboxylic acids is 2. The van der Waals surface area contributed by atoms with E-state index < -0.39 is 12.1 Å². The SMILES string of the molecule is CCc1ccc(C(=O)OC(C(=O)c2c[nH]c3ccccc23)c2ccccc2)cc1. The molecule has 4 aromatic rings. The number of nitrogens with one attached hydrogen (secondary N) is 1. The zero-order chi connectivity index (χ0) is 20.2. The van der Waals surface area contributed by atoms with Crippen LogP contribution in [0.1, 0.15) is 44.9 Å². The molecule has 0 spiro atoms. The summed E-state index contributed by atoms with van der Waals surface area (Å²) in [4.78, 5) is 29.3. The maximum absolute atomic E-state index is 13.4. The second kappa shape index (κ2) is 8.15. The molecule has 0 bridgehead atoms. The Kier molecular flexibility index (Phi) is 5.25. The summed E-state index contributed by atoms with van der Waals surface area (Å²) in [5.41, 5.74) is 3.57. The third kappa shape index (κ3) is 3.83. The van der Waals surface area contributed by atoms with Gasteiger partial charge in [0, 0.05) is 28.2 Å². The molecule has 29 heavy (non-hydrogen) atoms. The maximum atomic E-state index is 13.4. The number of para-hydroxylation sites is 1. The van der Waals surface area contributed by atoms with Crippen LogP contribution in [0.25, 0.3) is 10.9 Å². The van der Waals surface area contributed by atoms with Crippen LogP contribution in [0.15, 0.2) is 85.1 Å². The molecule has 1 unspecified atom stereocenters. The highest BCUT2D eigenvalue weighted by atomic mass is 16.5. The lowest BCUT2D eigenvalue weighted by Gasteiger charge is -2.17. The number of ketones is 1. The van der Waals surface area contributed by atoms with Gasteiger partial charge in [-0.25, -0.2) is 4.79 Å². The van der Waals surface area contributed by atoms with Gasteiger partial charge in [0.25, 0.3) is 0 Å². The summed E-state index contributed by atoms with van der Waals surface area (Å²) in [5, 5.41) is 0.807. The Bertz CT molecular complexity index is 1140. The molecule has 0 aliphatic rings. The normalized spacial score (nSPS) is 11.9. The van der Waals surface area contributed by atoms with Crippen molar-refractivity contribution in [3.8, 4) is 0 Å². The van der Waals surface area contributed by atoms with E-state index in [1.807, 2.05) is 54.6 Å². The number of carbonyl (C=O) groups is 2. The summed E-state index contributed by atoms with van der Waals surface area (Å²) in [7, 11) is 0. The molecule has 0 aliphatic heterocycles. The first-order chi connectivity index (χ1) is 14.2. The Morgan fingerprint density at radius 2 is 1.59 bits per heavy atom. The summed E-state index contributed by atoms with van der Waals surface area (Å²) in [6.45, 7) is 2.05. The molecule has 0 fully saturated rings. The van der Waals surface area contributed by atoms with Crippen LogP contribution >= 0.6 is 0 Å². The van der Waals surface area contributed by atoms with Gasteiger partial charge in [-0.3, -0.25) is 4.79 Å². The molecular weight excluding hydrogens is 362 g/mol. The zero-order valence-electron chi connectivity index (χ0n) is 16.1. The minimum Gasteiger partial charge on any atom is -0.445 e. The monoisotopic (exact) mass is 383 g/mol. The van der Waals surface area contributed by atoms with E-state index in [-0.39, 0.29) is 5.78 Å². The van der Waals surface area contributed by atoms with Crippen molar-refractivity contribution in [2.24, 2.45) is 0 Å². The standard InChI is InChI=1S/C25H21NO3/c1-2-17-12-14-19(15-13-17)25(28)29-24(18-8-4-3-5-9-18)23(27)21-16-26-22-11-7-6-10-20(21)22/h3-16,24,26H,2H2,1H3. The molecule has 0 saturated heterocycles. The molecule has 3 aromatic carbocycles. The molecule has 0 radical (unpaired) electrons. The van der Waals surface area contributed by atoms with E-state index in [0.29, 0.717) is 16.7 Å². The van der Waals surface area contributed by atoms with Crippen LogP contribution < -0.4 is 0 Å². The number of rotatable bonds is 6. The largest absolute Gasteiger partial charge is 0.445 e. The van der Waals surface area contributed by atoms with E-state index in [1.54, 1.807) is 30.5 Å². The molecule has 0 saturated carbocycles. The minimum atomic E-state index is -1.02. The maximum Gasteiger partial charge on any atom is 0.339 e. The van der Waals surface area contributed by atoms with E-state index in [1.165, 1.54) is 0 Å². The fourth-order valence-corrected chi connectivity index (χ4v) is 3.37. The number of benzene rings is 3. The van der Waals surface area contributed by atoms with Crippen LogP contribution in [0.5, 0.6) is 0 Å². The molecule has 144 valence electrons. The van der Waals surface area contributed by atoms with Crippen molar-refractivity contribution in [3.63, 3.8) is 0 Å². The molecule has 0 amide bonds. The Balaban J connectivity index is 1.68. The number of Topliss-reactive ketones (excluding diaryl/α,β-unsaturated/α-hetero) is 1. The predicted octanol–water partition coefficient (Wildman–Crippen LogP) is 5.51. The highest BCUT2D eigenvalue weighted by molar-refractivity contribution is 6.11. The fourth-order valence-electron chi connectivity index (χ4n) is 3.37. The predicted molar refractivity (Wildman–Crippen MR) is 113 cm³/mol. The van der Waals surface area contributed by atoms with Crippen molar-refractivity contribution < 1.29 is 14.3 Å². The first kappa shape index (κ1) is 18.7. The number of aromatic amines is 1. The van der Waals surface area contributed by atoms with Crippen LogP contribution in [-0.2, 0) is 11.2 Å². The lowest BCUT2D eigenvalue weighted by molar-refractivity contribution is 0.0280. The first-order valence-corrected chi connectivity index (χ1v) is 9.62. The van der Waals surface area contributed by atoms with Gasteiger partial charge in [0.2, 0.25) is 5.78 Å². The average molecular weight is 383 g/mol. The van der Waals surface area contributed by atoms with E-state index in [9.17, 15) is 9.59 Å². The van der Waals surface area contributed by atoms with Crippen molar-refractivity contribution in [3.05, 3.63) is 107 Å². The van der Waals surface area contributed by atoms with Crippen molar-refractivity contribution in [1.82, 2.24) is 4.98 Å². The topological polar surface area (TPSA) is 59.2 Å². The van der Waals surface area contributed by atoms with Gasteiger partial charge in [0.05, 0.1) is 5.56 Å². The number of ether oxygens (including phenoxy) is 1. The molecule has 1 atom stereocenters. The summed E-state index contributed by atoms with van der Waals surface area (Å²) in [6.07, 6.45) is 1.54. The molecule has 1 aromatic heterocycles. The summed E-state index contributed by atoms with van der Waals surface area (Å²) in [6, 6.07) is 24.0. The minimum absolute atomic E-state index is 0.257. The number of esters is 1. The lowest BCUT2D eigenvalue weighted by atomic mass is 9.99. The van der Waals surface area contributed by atoms with Crippen molar-refractivity contribution in [2.45, 2.75) is 19.4 Å². The average Bonchev–Trinajstić information content (AvgIpc) is 3.22. The van der Waals surface area contributed by atoms with Crippen LogP contribution in [0.2, 0.25) is 0 Å². The van der Waals surface area contributed by atoms with E-state index in [0.717, 1.165) is 22.9 Å². The van der Waals surface area contributed by atoms with E-state index in [2.05, 4.69) is 11.9 Å². The van der Waals surface area contributed by atoms with Gasteiger partial charge in [-0.15, -0.1) is 0 Å². The van der Waals surface area contributed by atoms with E-state index >= 15 is 0 Å². The third-order valence-corrected chi connectivity index (χ3v) is 5.02. The number of hydrogen-bond acceptors (Lipinski definition) is 3. The quantitative estimate of drug-likeness (QED) is 0.353. The van der Waals surface area contributed by atoms with Gasteiger partial charge in [0.1, 0.15) is 0 Å². The van der Waals surface area contributed by atoms with Crippen LogP contribution in [0.4, 0.5) is 0 Å². The first-order valence-electron chi connectivity index (χ1n) is 9.62.